The minimum Gasteiger partial charge on any atom is -0.461 e. The molecule has 0 spiro atoms. The molecular formula is C23H37N6O7P. The van der Waals surface area contributed by atoms with Gasteiger partial charge >= 0.3 is 11.9 Å². The first kappa shape index (κ1) is 29.0. The monoisotopic (exact) mass is 540 g/mol. The summed E-state index contributed by atoms with van der Waals surface area (Å²) in [6.07, 6.45) is 2.92. The Hall–Kier alpha value is -2.60. The molecule has 2 aromatic rings. The molecule has 2 heterocycles. The summed E-state index contributed by atoms with van der Waals surface area (Å²) in [4.78, 5) is 37.5. The van der Waals surface area contributed by atoms with E-state index in [1.165, 1.54) is 13.3 Å². The number of anilines is 1. The normalized spacial score (nSPS) is 17.7. The van der Waals surface area contributed by atoms with Crippen molar-refractivity contribution in [1.29, 1.82) is 0 Å². The van der Waals surface area contributed by atoms with Gasteiger partial charge < -0.3 is 29.0 Å². The molecule has 14 heteroatoms. The first-order valence-corrected chi connectivity index (χ1v) is 14.1. The summed E-state index contributed by atoms with van der Waals surface area (Å²) in [6.45, 7) is 10.0. The van der Waals surface area contributed by atoms with Gasteiger partial charge in [0.05, 0.1) is 25.1 Å². The molecule has 37 heavy (non-hydrogen) atoms. The van der Waals surface area contributed by atoms with Gasteiger partial charge in [-0.25, -0.2) is 24.8 Å². The Bertz CT molecular complexity index is 1150. The molecular weight excluding hydrogens is 503 g/mol. The number of aromatic nitrogens is 4. The Morgan fingerprint density at radius 3 is 2.54 bits per heavy atom. The zero-order chi connectivity index (χ0) is 27.4. The molecule has 0 amide bonds. The van der Waals surface area contributed by atoms with Crippen molar-refractivity contribution < 1.29 is 32.9 Å². The lowest BCUT2D eigenvalue weighted by molar-refractivity contribution is -0.159. The van der Waals surface area contributed by atoms with Gasteiger partial charge in [0.1, 0.15) is 29.8 Å². The van der Waals surface area contributed by atoms with Gasteiger partial charge in [0.25, 0.3) is 7.52 Å². The Morgan fingerprint density at radius 2 is 1.92 bits per heavy atom. The van der Waals surface area contributed by atoms with Crippen molar-refractivity contribution in [2.45, 2.75) is 97.3 Å². The van der Waals surface area contributed by atoms with Crippen LogP contribution in [-0.2, 0) is 39.4 Å². The average molecular weight is 541 g/mol. The smallest absolute Gasteiger partial charge is 0.335 e. The second-order valence-corrected chi connectivity index (χ2v) is 12.1. The predicted octanol–water partition coefficient (Wildman–Crippen LogP) is 2.78. The number of nitrogens with two attached hydrogens (primary N) is 1. The quantitative estimate of drug-likeness (QED) is 0.282. The zero-order valence-electron chi connectivity index (χ0n) is 22.2. The van der Waals surface area contributed by atoms with Crippen LogP contribution in [0, 0.1) is 0 Å². The van der Waals surface area contributed by atoms with Crippen molar-refractivity contribution in [3.63, 3.8) is 0 Å². The summed E-state index contributed by atoms with van der Waals surface area (Å²) in [5.41, 5.74) is 5.48. The highest BCUT2D eigenvalue weighted by Crippen LogP contribution is 2.46. The van der Waals surface area contributed by atoms with Crippen molar-refractivity contribution >= 4 is 36.4 Å². The lowest BCUT2D eigenvalue weighted by atomic mass is 9.96. The third-order valence-corrected chi connectivity index (χ3v) is 7.76. The Labute approximate surface area is 216 Å². The summed E-state index contributed by atoms with van der Waals surface area (Å²) in [5.74, 6) is -0.978. The number of fused-ring (bicyclic) bond motifs is 1. The van der Waals surface area contributed by atoms with Crippen LogP contribution in [0.1, 0.15) is 60.8 Å². The Kier molecular flexibility index (Phi) is 9.27. The molecule has 0 unspecified atom stereocenters. The maximum atomic E-state index is 13.9. The van der Waals surface area contributed by atoms with Crippen LogP contribution in [0.15, 0.2) is 12.7 Å². The number of esters is 2. The minimum atomic E-state index is -3.93. The second-order valence-electron chi connectivity index (χ2n) is 10.0. The lowest BCUT2D eigenvalue weighted by Crippen LogP contribution is -2.49. The molecule has 1 aliphatic carbocycles. The predicted molar refractivity (Wildman–Crippen MR) is 135 cm³/mol. The van der Waals surface area contributed by atoms with E-state index in [0.717, 1.165) is 19.3 Å². The number of rotatable bonds is 13. The maximum absolute atomic E-state index is 13.9. The van der Waals surface area contributed by atoms with E-state index < -0.39 is 43.6 Å². The van der Waals surface area contributed by atoms with E-state index in [1.807, 2.05) is 0 Å². The maximum Gasteiger partial charge on any atom is 0.335 e. The van der Waals surface area contributed by atoms with E-state index >= 15 is 0 Å². The van der Waals surface area contributed by atoms with Gasteiger partial charge in [-0.2, -0.15) is 0 Å². The fourth-order valence-electron chi connectivity index (χ4n) is 3.56. The average Bonchev–Trinajstić information content (AvgIpc) is 3.17. The van der Waals surface area contributed by atoms with Gasteiger partial charge in [-0.3, -0.25) is 9.36 Å². The number of nitrogen functional groups attached to an aromatic ring is 1. The molecule has 1 saturated carbocycles. The van der Waals surface area contributed by atoms with Gasteiger partial charge in [0.2, 0.25) is 0 Å². The summed E-state index contributed by atoms with van der Waals surface area (Å²) in [5, 5.41) is 2.78. The van der Waals surface area contributed by atoms with Crippen LogP contribution in [-0.4, -0.2) is 67.8 Å². The largest absolute Gasteiger partial charge is 0.461 e. The molecule has 0 aromatic carbocycles. The molecule has 0 bridgehead atoms. The number of nitrogens with zero attached hydrogens (tertiary/aromatic N) is 4. The van der Waals surface area contributed by atoms with Crippen molar-refractivity contribution in [3.8, 4) is 0 Å². The molecule has 3 rings (SSSR count). The number of imidazole rings is 1. The number of hydrogen-bond acceptors (Lipinski definition) is 11. The molecule has 3 atom stereocenters. The van der Waals surface area contributed by atoms with Gasteiger partial charge in [0, 0.05) is 0 Å². The van der Waals surface area contributed by atoms with Gasteiger partial charge in [-0.1, -0.05) is 0 Å². The van der Waals surface area contributed by atoms with Crippen LogP contribution in [0.5, 0.6) is 0 Å². The molecule has 2 aromatic heterocycles. The zero-order valence-corrected chi connectivity index (χ0v) is 23.1. The highest BCUT2D eigenvalue weighted by atomic mass is 31.2. The fourth-order valence-corrected chi connectivity index (χ4v) is 5.73. The molecule has 0 saturated heterocycles. The highest BCUT2D eigenvalue weighted by Gasteiger charge is 2.42. The molecule has 1 aliphatic rings. The number of carbonyl (C=O) groups excluding carboxylic acids is 2. The van der Waals surface area contributed by atoms with Gasteiger partial charge in [-0.15, -0.1) is 0 Å². The van der Waals surface area contributed by atoms with E-state index in [0.29, 0.717) is 17.7 Å². The number of hydrogen-bond donors (Lipinski definition) is 2. The molecule has 3 N–H and O–H groups in total. The van der Waals surface area contributed by atoms with Crippen molar-refractivity contribution in [1.82, 2.24) is 24.6 Å². The first-order valence-electron chi connectivity index (χ1n) is 12.3. The second kappa shape index (κ2) is 11.8. The first-order chi connectivity index (χ1) is 17.3. The minimum absolute atomic E-state index is 0.145. The van der Waals surface area contributed by atoms with Gasteiger partial charge in [0.15, 0.2) is 17.6 Å². The number of ether oxygens (including phenoxy) is 3. The lowest BCUT2D eigenvalue weighted by Gasteiger charge is -2.34. The van der Waals surface area contributed by atoms with Crippen LogP contribution in [0.4, 0.5) is 5.82 Å². The third-order valence-electron chi connectivity index (χ3n) is 5.71. The van der Waals surface area contributed by atoms with E-state index in [4.69, 9.17) is 24.5 Å². The molecule has 206 valence electrons. The van der Waals surface area contributed by atoms with Crippen molar-refractivity contribution in [2.24, 2.45) is 0 Å². The third kappa shape index (κ3) is 7.70. The fraction of sp³-hybridized carbons (Fsp3) is 0.696. The van der Waals surface area contributed by atoms with Crippen molar-refractivity contribution in [3.05, 3.63) is 12.7 Å². The van der Waals surface area contributed by atoms with Crippen LogP contribution < -0.4 is 10.8 Å². The van der Waals surface area contributed by atoms with E-state index in [1.54, 1.807) is 45.5 Å². The molecule has 0 aliphatic heterocycles. The number of carbonyl (C=O) groups is 2. The van der Waals surface area contributed by atoms with Crippen LogP contribution >= 0.6 is 7.52 Å². The summed E-state index contributed by atoms with van der Waals surface area (Å²) >= 11 is 0. The Morgan fingerprint density at radius 1 is 1.22 bits per heavy atom. The Balaban J connectivity index is 1.71. The van der Waals surface area contributed by atoms with E-state index in [9.17, 15) is 14.2 Å². The number of nitrogens with one attached hydrogen (secondary N) is 1. The van der Waals surface area contributed by atoms with Gasteiger partial charge in [-0.05, 0) is 60.8 Å². The van der Waals surface area contributed by atoms with Crippen LogP contribution in [0.25, 0.3) is 11.2 Å². The van der Waals surface area contributed by atoms with Crippen LogP contribution in [0.3, 0.4) is 0 Å². The highest BCUT2D eigenvalue weighted by molar-refractivity contribution is 7.56. The molecule has 1 fully saturated rings. The SMILES string of the molecule is CC(C)OC(=O)[C@H](C)O[P@@](=O)(CO[C@H](C)Cn1cnc2c(N)ncnc21)NC(C)(C)C(=O)OC1CCC1. The van der Waals surface area contributed by atoms with Crippen LogP contribution in [0.2, 0.25) is 0 Å². The van der Waals surface area contributed by atoms with E-state index in [-0.39, 0.29) is 18.0 Å². The topological polar surface area (TPSA) is 170 Å². The molecule has 0 radical (unpaired) electrons. The summed E-state index contributed by atoms with van der Waals surface area (Å²) in [7, 11) is -3.93. The van der Waals surface area contributed by atoms with Crippen molar-refractivity contribution in [2.75, 3.05) is 12.1 Å². The summed E-state index contributed by atoms with van der Waals surface area (Å²) in [6, 6.07) is 0. The summed E-state index contributed by atoms with van der Waals surface area (Å²) < 4.78 is 37.9. The standard InChI is InChI=1S/C23H37N6O7P/c1-14(2)34-21(30)16(4)36-37(32,28-23(5,6)22(31)35-17-8-7-9-17)13-33-15(3)10-29-12-27-18-19(24)25-11-26-20(18)29/h11-12,14-17H,7-10,13H2,1-6H3,(H,28,32)(H2,24,25,26)/t15-,16+,37+/m1/s1. The molecule has 13 nitrogen and oxygen atoms in total. The van der Waals surface area contributed by atoms with E-state index in [2.05, 4.69) is 20.0 Å².